The number of halogens is 1. The van der Waals surface area contributed by atoms with Crippen molar-refractivity contribution < 1.29 is 19.7 Å². The molecule has 0 heterocycles. The Hall–Kier alpha value is -0.240. The first-order valence-electron chi connectivity index (χ1n) is 8.65. The molecule has 5 atom stereocenters. The number of aliphatic hydroxyl groups is 2. The van der Waals surface area contributed by atoms with Crippen molar-refractivity contribution in [1.82, 2.24) is 0 Å². The van der Waals surface area contributed by atoms with Gasteiger partial charge in [-0.05, 0) is 43.8 Å². The summed E-state index contributed by atoms with van der Waals surface area (Å²) in [5, 5.41) is 22.1. The van der Waals surface area contributed by atoms with Crippen molar-refractivity contribution in [1.29, 1.82) is 0 Å². The van der Waals surface area contributed by atoms with E-state index in [2.05, 4.69) is 35.6 Å². The highest BCUT2D eigenvalue weighted by molar-refractivity contribution is 14.1. The van der Waals surface area contributed by atoms with Gasteiger partial charge >= 0.3 is 0 Å². The molecule has 0 aliphatic heterocycles. The molecule has 1 unspecified atom stereocenters. The van der Waals surface area contributed by atoms with Gasteiger partial charge in [0.1, 0.15) is 11.7 Å². The minimum atomic E-state index is -1.03. The molecule has 3 rings (SSSR count). The van der Waals surface area contributed by atoms with Gasteiger partial charge in [0.15, 0.2) is 5.78 Å². The molecule has 2 N–H and O–H groups in total. The van der Waals surface area contributed by atoms with Crippen molar-refractivity contribution in [2.75, 3.05) is 13.7 Å². The third-order valence-electron chi connectivity index (χ3n) is 6.45. The summed E-state index contributed by atoms with van der Waals surface area (Å²) in [5.41, 5.74) is 1.46. The molecule has 134 valence electrons. The monoisotopic (exact) mass is 446 g/mol. The molecule has 0 aromatic rings. The zero-order valence-corrected chi connectivity index (χ0v) is 17.0. The van der Waals surface area contributed by atoms with Crippen LogP contribution in [0, 0.1) is 11.3 Å². The number of carbonyl (C=O) groups excluding carboxylic acids is 1. The lowest BCUT2D eigenvalue weighted by Crippen LogP contribution is -2.47. The predicted octanol–water partition coefficient (Wildman–Crippen LogP) is 2.95. The first-order chi connectivity index (χ1) is 11.1. The highest BCUT2D eigenvalue weighted by Gasteiger charge is 2.58. The molecule has 1 saturated carbocycles. The molecule has 0 saturated heterocycles. The zero-order chi connectivity index (χ0) is 17.9. The molecule has 3 aliphatic rings. The molecule has 0 aromatic heterocycles. The predicted molar refractivity (Wildman–Crippen MR) is 101 cm³/mol. The molecule has 3 aliphatic carbocycles. The maximum Gasteiger partial charge on any atom is 0.169 e. The van der Waals surface area contributed by atoms with Gasteiger partial charge in [-0.2, -0.15) is 0 Å². The van der Waals surface area contributed by atoms with E-state index >= 15 is 0 Å². The van der Waals surface area contributed by atoms with Crippen LogP contribution in [0.2, 0.25) is 0 Å². The fraction of sp³-hybridized carbons (Fsp3) is 0.737. The third kappa shape index (κ3) is 2.46. The van der Waals surface area contributed by atoms with Crippen LogP contribution < -0.4 is 0 Å². The van der Waals surface area contributed by atoms with Crippen molar-refractivity contribution in [2.24, 2.45) is 11.3 Å². The average molecular weight is 446 g/mol. The number of rotatable bonds is 2. The minimum absolute atomic E-state index is 0.126. The van der Waals surface area contributed by atoms with Gasteiger partial charge in [-0.25, -0.2) is 0 Å². The molecular formula is C19H27IO4. The SMILES string of the molecule is COC[C@@]1(O)CCC2(I)/C1=C\[C@@]1(C)CCC(C)=C1[C@@H](O)C(=O)[C@@H]2C. The van der Waals surface area contributed by atoms with Crippen LogP contribution in [-0.4, -0.2) is 44.8 Å². The van der Waals surface area contributed by atoms with Crippen molar-refractivity contribution >= 4 is 28.4 Å². The molecule has 0 radical (unpaired) electrons. The first-order valence-corrected chi connectivity index (χ1v) is 9.73. The van der Waals surface area contributed by atoms with E-state index in [9.17, 15) is 15.0 Å². The van der Waals surface area contributed by atoms with E-state index in [1.54, 1.807) is 7.11 Å². The smallest absolute Gasteiger partial charge is 0.169 e. The minimum Gasteiger partial charge on any atom is -0.383 e. The van der Waals surface area contributed by atoms with Crippen LogP contribution in [0.1, 0.15) is 46.5 Å². The lowest BCUT2D eigenvalue weighted by Gasteiger charge is -2.41. The summed E-state index contributed by atoms with van der Waals surface area (Å²) in [6.07, 6.45) is 4.17. The lowest BCUT2D eigenvalue weighted by molar-refractivity contribution is -0.130. The number of ketones is 1. The summed E-state index contributed by atoms with van der Waals surface area (Å²) in [5.74, 6) is -0.477. The molecule has 0 spiro atoms. The molecule has 0 amide bonds. The standard InChI is InChI=1S/C19H27IO4/c1-11-5-6-17(3)9-13-18(23,10-24-4)7-8-19(13,20)12(2)15(21)16(22)14(11)17/h9,12,16,22-23H,5-8,10H2,1-4H3/b13-9-/t12-,16+,17+,18-,19?/m0/s1. The zero-order valence-electron chi connectivity index (χ0n) is 14.9. The quantitative estimate of drug-likeness (QED) is 0.389. The first kappa shape index (κ1) is 18.5. The summed E-state index contributed by atoms with van der Waals surface area (Å²) < 4.78 is 4.84. The topological polar surface area (TPSA) is 66.8 Å². The molecule has 24 heavy (non-hydrogen) atoms. The van der Waals surface area contributed by atoms with Crippen LogP contribution in [0.3, 0.4) is 0 Å². The summed E-state index contributed by atoms with van der Waals surface area (Å²) in [6, 6.07) is 0. The lowest BCUT2D eigenvalue weighted by atomic mass is 9.69. The molecule has 4 nitrogen and oxygen atoms in total. The van der Waals surface area contributed by atoms with Crippen LogP contribution in [0.4, 0.5) is 0 Å². The van der Waals surface area contributed by atoms with Gasteiger partial charge in [0, 0.05) is 18.4 Å². The van der Waals surface area contributed by atoms with Crippen molar-refractivity contribution in [2.45, 2.75) is 61.6 Å². The number of Topliss-reactive ketones (excluding diaryl/α,β-unsaturated/α-hetero) is 1. The van der Waals surface area contributed by atoms with E-state index in [1.807, 2.05) is 13.8 Å². The summed E-state index contributed by atoms with van der Waals surface area (Å²) >= 11 is 2.33. The number of hydrogen-bond acceptors (Lipinski definition) is 4. The fourth-order valence-corrected chi connectivity index (χ4v) is 6.19. The Morgan fingerprint density at radius 2 is 2.04 bits per heavy atom. The number of aliphatic hydroxyl groups excluding tert-OH is 1. The van der Waals surface area contributed by atoms with E-state index in [0.29, 0.717) is 12.8 Å². The fourth-order valence-electron chi connectivity index (χ4n) is 4.96. The van der Waals surface area contributed by atoms with Crippen LogP contribution in [0.15, 0.2) is 22.8 Å². The van der Waals surface area contributed by atoms with E-state index in [-0.39, 0.29) is 23.7 Å². The van der Waals surface area contributed by atoms with Crippen molar-refractivity contribution in [3.8, 4) is 0 Å². The number of methoxy groups -OCH3 is 1. The van der Waals surface area contributed by atoms with E-state index in [0.717, 1.165) is 29.6 Å². The van der Waals surface area contributed by atoms with Gasteiger partial charge in [0.05, 0.1) is 10.0 Å². The molecule has 5 heteroatoms. The Morgan fingerprint density at radius 1 is 1.38 bits per heavy atom. The number of alkyl halides is 1. The molecule has 0 bridgehead atoms. The van der Waals surface area contributed by atoms with Gasteiger partial charge < -0.3 is 14.9 Å². The number of fused-ring (bicyclic) bond motifs is 2. The van der Waals surface area contributed by atoms with Gasteiger partial charge in [-0.15, -0.1) is 0 Å². The van der Waals surface area contributed by atoms with Crippen LogP contribution in [0.5, 0.6) is 0 Å². The maximum atomic E-state index is 13.0. The van der Waals surface area contributed by atoms with Crippen LogP contribution in [-0.2, 0) is 9.53 Å². The third-order valence-corrected chi connectivity index (χ3v) is 8.50. The number of carbonyl (C=O) groups is 1. The summed E-state index contributed by atoms with van der Waals surface area (Å²) in [6.45, 7) is 6.22. The summed E-state index contributed by atoms with van der Waals surface area (Å²) in [7, 11) is 1.60. The highest BCUT2D eigenvalue weighted by Crippen LogP contribution is 2.58. The second-order valence-corrected chi connectivity index (χ2v) is 9.95. The van der Waals surface area contributed by atoms with Crippen molar-refractivity contribution in [3.05, 3.63) is 22.8 Å². The number of ether oxygens (including phenoxy) is 1. The van der Waals surface area contributed by atoms with Gasteiger partial charge in [0.25, 0.3) is 0 Å². The van der Waals surface area contributed by atoms with E-state index in [1.165, 1.54) is 0 Å². The van der Waals surface area contributed by atoms with Gasteiger partial charge in [-0.3, -0.25) is 4.79 Å². The highest BCUT2D eigenvalue weighted by atomic mass is 127. The van der Waals surface area contributed by atoms with Crippen LogP contribution in [0.25, 0.3) is 0 Å². The van der Waals surface area contributed by atoms with Crippen LogP contribution >= 0.6 is 22.6 Å². The Labute approximate surface area is 157 Å². The van der Waals surface area contributed by atoms with E-state index in [4.69, 9.17) is 4.74 Å². The van der Waals surface area contributed by atoms with E-state index < -0.39 is 15.1 Å². The van der Waals surface area contributed by atoms with Gasteiger partial charge in [0.2, 0.25) is 0 Å². The largest absolute Gasteiger partial charge is 0.383 e. The van der Waals surface area contributed by atoms with Crippen molar-refractivity contribution in [3.63, 3.8) is 0 Å². The number of hydrogen-bond donors (Lipinski definition) is 2. The molecular weight excluding hydrogens is 419 g/mol. The normalized spacial score (nSPS) is 47.8. The maximum absolute atomic E-state index is 13.0. The van der Waals surface area contributed by atoms with Gasteiger partial charge in [-0.1, -0.05) is 48.1 Å². The Kier molecular flexibility index (Phi) is 4.56. The molecule has 0 aromatic carbocycles. The number of allylic oxidation sites excluding steroid dienone is 2. The second-order valence-electron chi connectivity index (χ2n) is 8.02. The summed E-state index contributed by atoms with van der Waals surface area (Å²) in [4.78, 5) is 13.0. The average Bonchev–Trinajstić information content (AvgIpc) is 2.95. The Morgan fingerprint density at radius 3 is 2.67 bits per heavy atom. The Bertz CT molecular complexity index is 639. The Balaban J connectivity index is 2.24. The second kappa shape index (κ2) is 5.89. The molecule has 1 fully saturated rings.